The van der Waals surface area contributed by atoms with Crippen molar-refractivity contribution in [3.63, 3.8) is 0 Å². The number of aromatic hydroxyl groups is 1. The second-order valence-electron chi connectivity index (χ2n) is 9.83. The Labute approximate surface area is 167 Å². The molecule has 0 saturated heterocycles. The van der Waals surface area contributed by atoms with E-state index in [4.69, 9.17) is 4.74 Å². The van der Waals surface area contributed by atoms with Crippen molar-refractivity contribution in [1.29, 1.82) is 0 Å². The third kappa shape index (κ3) is 3.43. The molecule has 148 valence electrons. The molecule has 0 heterocycles. The summed E-state index contributed by atoms with van der Waals surface area (Å²) in [6, 6.07) is 11.4. The second-order valence-corrected chi connectivity index (χ2v) is 9.83. The van der Waals surface area contributed by atoms with Crippen LogP contribution >= 0.6 is 0 Å². The molecule has 2 aliphatic rings. The first-order valence-corrected chi connectivity index (χ1v) is 10.2. The van der Waals surface area contributed by atoms with E-state index in [1.807, 2.05) is 24.3 Å². The average Bonchev–Trinajstić information content (AvgIpc) is 2.60. The van der Waals surface area contributed by atoms with Gasteiger partial charge in [0.1, 0.15) is 17.3 Å². The highest BCUT2D eigenvalue weighted by molar-refractivity contribution is 5.85. The second kappa shape index (κ2) is 6.65. The monoisotopic (exact) mass is 378 g/mol. The Hall–Kier alpha value is -2.29. The molecule has 0 amide bonds. The zero-order valence-corrected chi connectivity index (χ0v) is 17.3. The molecule has 0 radical (unpaired) electrons. The first-order chi connectivity index (χ1) is 13.2. The minimum absolute atomic E-state index is 0.0154. The predicted octanol–water partition coefficient (Wildman–Crippen LogP) is 5.90. The molecule has 0 unspecified atom stereocenters. The number of phenolic OH excluding ortho intramolecular Hbond substituents is 1. The maximum atomic E-state index is 12.4. The SMILES string of the molecule is CC1=C[C@@H]2C(C)(C)CC(=O)C[C@]2(C)C[C@H]1COc1ccc2ccc(O)cc2c1. The number of fused-ring (bicyclic) bond motifs is 2. The van der Waals surface area contributed by atoms with Crippen LogP contribution in [0.3, 0.4) is 0 Å². The van der Waals surface area contributed by atoms with Gasteiger partial charge in [-0.2, -0.15) is 0 Å². The van der Waals surface area contributed by atoms with Crippen LogP contribution in [0.1, 0.15) is 47.0 Å². The van der Waals surface area contributed by atoms with E-state index in [9.17, 15) is 9.90 Å². The molecule has 3 atom stereocenters. The topological polar surface area (TPSA) is 46.5 Å². The van der Waals surface area contributed by atoms with Gasteiger partial charge in [-0.3, -0.25) is 4.79 Å². The van der Waals surface area contributed by atoms with E-state index in [1.165, 1.54) is 5.57 Å². The maximum absolute atomic E-state index is 12.4. The van der Waals surface area contributed by atoms with Crippen LogP contribution < -0.4 is 4.74 Å². The lowest BCUT2D eigenvalue weighted by Gasteiger charge is -2.53. The van der Waals surface area contributed by atoms with Gasteiger partial charge in [0.15, 0.2) is 0 Å². The summed E-state index contributed by atoms with van der Waals surface area (Å²) in [4.78, 5) is 12.4. The summed E-state index contributed by atoms with van der Waals surface area (Å²) in [5.41, 5.74) is 1.42. The van der Waals surface area contributed by atoms with Crippen molar-refractivity contribution in [1.82, 2.24) is 0 Å². The Morgan fingerprint density at radius 1 is 1.07 bits per heavy atom. The molecule has 3 heteroatoms. The van der Waals surface area contributed by atoms with Crippen molar-refractivity contribution in [3.05, 3.63) is 48.0 Å². The molecular weight excluding hydrogens is 348 g/mol. The fourth-order valence-electron chi connectivity index (χ4n) is 5.62. The number of Topliss-reactive ketones (excluding diaryl/α,β-unsaturated/α-hetero) is 1. The van der Waals surface area contributed by atoms with Gasteiger partial charge in [0.05, 0.1) is 6.61 Å². The molecule has 1 N–H and O–H groups in total. The first kappa shape index (κ1) is 19.0. The summed E-state index contributed by atoms with van der Waals surface area (Å²) in [6.45, 7) is 9.57. The summed E-state index contributed by atoms with van der Waals surface area (Å²) >= 11 is 0. The molecule has 2 aromatic carbocycles. The summed E-state index contributed by atoms with van der Waals surface area (Å²) in [5.74, 6) is 2.24. The number of hydrogen-bond donors (Lipinski definition) is 1. The molecule has 1 fully saturated rings. The van der Waals surface area contributed by atoms with E-state index in [2.05, 4.69) is 33.8 Å². The van der Waals surface area contributed by atoms with E-state index >= 15 is 0 Å². The zero-order chi connectivity index (χ0) is 20.1. The van der Waals surface area contributed by atoms with Crippen molar-refractivity contribution in [2.75, 3.05) is 6.61 Å². The van der Waals surface area contributed by atoms with Crippen molar-refractivity contribution < 1.29 is 14.6 Å². The predicted molar refractivity (Wildman–Crippen MR) is 113 cm³/mol. The fourth-order valence-corrected chi connectivity index (χ4v) is 5.62. The van der Waals surface area contributed by atoms with Gasteiger partial charge in [-0.1, -0.05) is 44.6 Å². The quantitative estimate of drug-likeness (QED) is 0.676. The normalized spacial score (nSPS) is 29.3. The Morgan fingerprint density at radius 3 is 2.61 bits per heavy atom. The highest BCUT2D eigenvalue weighted by atomic mass is 16.5. The largest absolute Gasteiger partial charge is 0.508 e. The van der Waals surface area contributed by atoms with Gasteiger partial charge in [-0.25, -0.2) is 0 Å². The molecule has 0 aromatic heterocycles. The molecule has 2 aliphatic carbocycles. The maximum Gasteiger partial charge on any atom is 0.134 e. The summed E-state index contributed by atoms with van der Waals surface area (Å²) in [5, 5.41) is 11.8. The Morgan fingerprint density at radius 2 is 1.82 bits per heavy atom. The van der Waals surface area contributed by atoms with Gasteiger partial charge in [0.2, 0.25) is 0 Å². The fraction of sp³-hybridized carbons (Fsp3) is 0.480. The summed E-state index contributed by atoms with van der Waals surface area (Å²) < 4.78 is 6.16. The molecule has 0 spiro atoms. The van der Waals surface area contributed by atoms with Crippen molar-refractivity contribution in [3.8, 4) is 11.5 Å². The number of rotatable bonds is 3. The van der Waals surface area contributed by atoms with E-state index in [0.29, 0.717) is 37.1 Å². The standard InChI is InChI=1S/C25H30O3/c1-16-9-23-24(2,3)13-21(27)14-25(23,4)12-19(16)15-28-22-8-6-17-5-7-20(26)10-18(17)11-22/h5-11,19,23,26H,12-15H2,1-4H3/t19-,23+,25-/m0/s1. The lowest BCUT2D eigenvalue weighted by atomic mass is 9.51. The number of carbonyl (C=O) groups is 1. The van der Waals surface area contributed by atoms with E-state index in [-0.39, 0.29) is 16.6 Å². The van der Waals surface area contributed by atoms with Gasteiger partial charge < -0.3 is 9.84 Å². The van der Waals surface area contributed by atoms with Gasteiger partial charge >= 0.3 is 0 Å². The van der Waals surface area contributed by atoms with Crippen LogP contribution in [0.25, 0.3) is 10.8 Å². The molecule has 0 bridgehead atoms. The van der Waals surface area contributed by atoms with Gasteiger partial charge in [0, 0.05) is 18.8 Å². The lowest BCUT2D eigenvalue weighted by Crippen LogP contribution is -2.48. The number of ether oxygens (including phenoxy) is 1. The van der Waals surface area contributed by atoms with Crippen molar-refractivity contribution in [2.24, 2.45) is 22.7 Å². The van der Waals surface area contributed by atoms with Crippen LogP contribution in [0.15, 0.2) is 48.0 Å². The van der Waals surface area contributed by atoms with Crippen LogP contribution in [0.4, 0.5) is 0 Å². The lowest BCUT2D eigenvalue weighted by molar-refractivity contribution is -0.132. The number of carbonyl (C=O) groups excluding carboxylic acids is 1. The van der Waals surface area contributed by atoms with E-state index < -0.39 is 0 Å². The smallest absolute Gasteiger partial charge is 0.134 e. The Kier molecular flexibility index (Phi) is 4.52. The highest BCUT2D eigenvalue weighted by Gasteiger charge is 2.51. The van der Waals surface area contributed by atoms with Gasteiger partial charge in [-0.05, 0) is 65.1 Å². The summed E-state index contributed by atoms with van der Waals surface area (Å²) in [6.07, 6.45) is 4.77. The number of allylic oxidation sites excluding steroid dienone is 1. The molecule has 3 nitrogen and oxygen atoms in total. The molecule has 2 aromatic rings. The zero-order valence-electron chi connectivity index (χ0n) is 17.3. The Bertz CT molecular complexity index is 955. The minimum atomic E-state index is 0.0154. The minimum Gasteiger partial charge on any atom is -0.508 e. The number of hydrogen-bond acceptors (Lipinski definition) is 3. The van der Waals surface area contributed by atoms with Crippen LogP contribution in [0, 0.1) is 22.7 Å². The first-order valence-electron chi connectivity index (χ1n) is 10.2. The molecule has 28 heavy (non-hydrogen) atoms. The van der Waals surface area contributed by atoms with E-state index in [0.717, 1.165) is 22.9 Å². The number of phenols is 1. The van der Waals surface area contributed by atoms with Gasteiger partial charge in [-0.15, -0.1) is 0 Å². The van der Waals surface area contributed by atoms with Crippen LogP contribution in [-0.4, -0.2) is 17.5 Å². The molecule has 1 saturated carbocycles. The molecular formula is C25H30O3. The number of benzene rings is 2. The van der Waals surface area contributed by atoms with E-state index in [1.54, 1.807) is 12.1 Å². The molecule has 0 aliphatic heterocycles. The van der Waals surface area contributed by atoms with Crippen LogP contribution in [-0.2, 0) is 4.79 Å². The average molecular weight is 379 g/mol. The number of ketones is 1. The van der Waals surface area contributed by atoms with Crippen molar-refractivity contribution in [2.45, 2.75) is 47.0 Å². The summed E-state index contributed by atoms with van der Waals surface area (Å²) in [7, 11) is 0. The van der Waals surface area contributed by atoms with Crippen LogP contribution in [0.2, 0.25) is 0 Å². The third-order valence-corrected chi connectivity index (χ3v) is 6.88. The van der Waals surface area contributed by atoms with Crippen molar-refractivity contribution >= 4 is 16.6 Å². The highest BCUT2D eigenvalue weighted by Crippen LogP contribution is 2.56. The van der Waals surface area contributed by atoms with Crippen LogP contribution in [0.5, 0.6) is 11.5 Å². The Balaban J connectivity index is 1.53. The molecule has 4 rings (SSSR count). The van der Waals surface area contributed by atoms with Gasteiger partial charge in [0.25, 0.3) is 0 Å². The third-order valence-electron chi connectivity index (χ3n) is 6.88.